The molecular weight excluding hydrogens is 332 g/mol. The van der Waals surface area contributed by atoms with Crippen LogP contribution in [0.2, 0.25) is 0 Å². The van der Waals surface area contributed by atoms with Crippen LogP contribution in [0.25, 0.3) is 11.5 Å². The Bertz CT molecular complexity index is 918. The molecule has 0 amide bonds. The fourth-order valence-electron chi connectivity index (χ4n) is 2.49. The van der Waals surface area contributed by atoms with E-state index in [1.165, 1.54) is 17.3 Å². The summed E-state index contributed by atoms with van der Waals surface area (Å²) in [6.45, 7) is 7.92. The van der Waals surface area contributed by atoms with Crippen LogP contribution in [-0.4, -0.2) is 21.2 Å². The van der Waals surface area contributed by atoms with Crippen molar-refractivity contribution in [2.75, 3.05) is 0 Å². The summed E-state index contributed by atoms with van der Waals surface area (Å²) in [7, 11) is 0. The lowest BCUT2D eigenvalue weighted by atomic mass is 10.0. The van der Waals surface area contributed by atoms with Gasteiger partial charge in [-0.3, -0.25) is 4.79 Å². The molecule has 0 radical (unpaired) electrons. The number of carbonyl (C=O) groups is 1. The molecule has 128 valence electrons. The summed E-state index contributed by atoms with van der Waals surface area (Å²) in [5, 5.41) is 8.26. The van der Waals surface area contributed by atoms with Gasteiger partial charge in [0, 0.05) is 11.1 Å². The van der Waals surface area contributed by atoms with E-state index in [1.54, 1.807) is 0 Å². The highest BCUT2D eigenvalue weighted by Crippen LogP contribution is 2.28. The van der Waals surface area contributed by atoms with Gasteiger partial charge in [-0.25, -0.2) is 0 Å². The number of aromatic nitrogens is 2. The topological polar surface area (TPSA) is 56.0 Å². The highest BCUT2D eigenvalue weighted by atomic mass is 32.2. The van der Waals surface area contributed by atoms with E-state index in [0.29, 0.717) is 16.7 Å². The van der Waals surface area contributed by atoms with Crippen molar-refractivity contribution < 1.29 is 9.21 Å². The highest BCUT2D eigenvalue weighted by Gasteiger charge is 2.20. The van der Waals surface area contributed by atoms with Crippen LogP contribution in [0.15, 0.2) is 52.1 Å². The van der Waals surface area contributed by atoms with Gasteiger partial charge in [-0.1, -0.05) is 41.6 Å². The van der Waals surface area contributed by atoms with E-state index in [-0.39, 0.29) is 11.0 Å². The van der Waals surface area contributed by atoms with Gasteiger partial charge in [0.15, 0.2) is 5.78 Å². The summed E-state index contributed by atoms with van der Waals surface area (Å²) >= 11 is 1.29. The van der Waals surface area contributed by atoms with Crippen molar-refractivity contribution in [2.45, 2.75) is 38.2 Å². The van der Waals surface area contributed by atoms with Gasteiger partial charge >= 0.3 is 0 Å². The number of hydrogen-bond donors (Lipinski definition) is 0. The molecule has 3 aromatic rings. The second-order valence-corrected chi connectivity index (χ2v) is 7.46. The van der Waals surface area contributed by atoms with Crippen LogP contribution in [0, 0.1) is 20.8 Å². The molecule has 3 rings (SSSR count). The average molecular weight is 352 g/mol. The van der Waals surface area contributed by atoms with Crippen molar-refractivity contribution in [1.82, 2.24) is 10.2 Å². The van der Waals surface area contributed by atoms with Crippen LogP contribution in [0.5, 0.6) is 0 Å². The van der Waals surface area contributed by atoms with Crippen molar-refractivity contribution in [3.8, 4) is 11.5 Å². The zero-order valence-corrected chi connectivity index (χ0v) is 15.6. The third-order valence-corrected chi connectivity index (χ3v) is 5.04. The van der Waals surface area contributed by atoms with E-state index >= 15 is 0 Å². The van der Waals surface area contributed by atoms with Gasteiger partial charge in [0.05, 0.1) is 5.25 Å². The van der Waals surface area contributed by atoms with Gasteiger partial charge < -0.3 is 4.42 Å². The second-order valence-electron chi connectivity index (χ2n) is 6.17. The SMILES string of the molecule is Cc1cccc(-c2nnc(S[C@@H](C)C(=O)c3ccc(C)c(C)c3)o2)c1. The van der Waals surface area contributed by atoms with Crippen LogP contribution in [-0.2, 0) is 0 Å². The van der Waals surface area contributed by atoms with Crippen LogP contribution in [0.1, 0.15) is 34.0 Å². The molecule has 0 unspecified atom stereocenters. The van der Waals surface area contributed by atoms with Crippen molar-refractivity contribution in [3.63, 3.8) is 0 Å². The monoisotopic (exact) mass is 352 g/mol. The number of Topliss-reactive ketones (excluding diaryl/α,β-unsaturated/α-hetero) is 1. The molecule has 1 aromatic heterocycles. The zero-order valence-electron chi connectivity index (χ0n) is 14.7. The first-order valence-electron chi connectivity index (χ1n) is 8.12. The number of benzene rings is 2. The van der Waals surface area contributed by atoms with E-state index in [2.05, 4.69) is 10.2 Å². The second kappa shape index (κ2) is 7.23. The number of hydrogen-bond acceptors (Lipinski definition) is 5. The molecular formula is C20H20N2O2S. The number of nitrogens with zero attached hydrogens (tertiary/aromatic N) is 2. The summed E-state index contributed by atoms with van der Waals surface area (Å²) in [4.78, 5) is 12.6. The molecule has 0 aliphatic heterocycles. The predicted molar refractivity (Wildman–Crippen MR) is 100 cm³/mol. The Labute approximate surface area is 151 Å². The minimum atomic E-state index is -0.298. The fourth-order valence-corrected chi connectivity index (χ4v) is 3.25. The van der Waals surface area contributed by atoms with Crippen LogP contribution in [0.3, 0.4) is 0 Å². The van der Waals surface area contributed by atoms with E-state index < -0.39 is 0 Å². The van der Waals surface area contributed by atoms with Gasteiger partial charge in [0.25, 0.3) is 5.22 Å². The maximum absolute atomic E-state index is 12.6. The lowest BCUT2D eigenvalue weighted by Crippen LogP contribution is -2.13. The van der Waals surface area contributed by atoms with Gasteiger partial charge in [-0.05, 0) is 57.0 Å². The molecule has 25 heavy (non-hydrogen) atoms. The first kappa shape index (κ1) is 17.4. The average Bonchev–Trinajstić information content (AvgIpc) is 3.05. The zero-order chi connectivity index (χ0) is 18.0. The van der Waals surface area contributed by atoms with Crippen molar-refractivity contribution in [1.29, 1.82) is 0 Å². The Hall–Kier alpha value is -2.40. The maximum atomic E-state index is 12.6. The number of rotatable bonds is 5. The van der Waals surface area contributed by atoms with E-state index in [9.17, 15) is 4.79 Å². The Morgan fingerprint density at radius 2 is 1.84 bits per heavy atom. The molecule has 0 saturated heterocycles. The largest absolute Gasteiger partial charge is 0.411 e. The smallest absolute Gasteiger partial charge is 0.277 e. The maximum Gasteiger partial charge on any atom is 0.277 e. The van der Waals surface area contributed by atoms with Crippen molar-refractivity contribution >= 4 is 17.5 Å². The number of carbonyl (C=O) groups excluding carboxylic acids is 1. The van der Waals surface area contributed by atoms with Crippen LogP contribution in [0.4, 0.5) is 0 Å². The summed E-state index contributed by atoms with van der Waals surface area (Å²) in [6, 6.07) is 13.7. The third-order valence-electron chi connectivity index (χ3n) is 4.11. The quantitative estimate of drug-likeness (QED) is 0.476. The molecule has 0 N–H and O–H groups in total. The van der Waals surface area contributed by atoms with Crippen LogP contribution >= 0.6 is 11.8 Å². The Kier molecular flexibility index (Phi) is 5.04. The number of ketones is 1. The molecule has 2 aromatic carbocycles. The van der Waals surface area contributed by atoms with Gasteiger partial charge in [0.1, 0.15) is 0 Å². The Balaban J connectivity index is 1.74. The molecule has 5 heteroatoms. The minimum absolute atomic E-state index is 0.0587. The molecule has 0 spiro atoms. The molecule has 1 heterocycles. The minimum Gasteiger partial charge on any atom is -0.411 e. The summed E-state index contributed by atoms with van der Waals surface area (Å²) in [5.74, 6) is 0.528. The summed E-state index contributed by atoms with van der Waals surface area (Å²) < 4.78 is 5.71. The van der Waals surface area contributed by atoms with Gasteiger partial charge in [-0.15, -0.1) is 10.2 Å². The van der Waals surface area contributed by atoms with E-state index in [1.807, 2.05) is 70.2 Å². The number of thioether (sulfide) groups is 1. The van der Waals surface area contributed by atoms with Gasteiger partial charge in [0.2, 0.25) is 5.89 Å². The first-order valence-corrected chi connectivity index (χ1v) is 9.00. The van der Waals surface area contributed by atoms with Crippen molar-refractivity contribution in [3.05, 3.63) is 64.7 Å². The standard InChI is InChI=1S/C20H20N2O2S/c1-12-6-5-7-17(10-12)19-21-22-20(24-19)25-15(4)18(23)16-9-8-13(2)14(3)11-16/h5-11,15H,1-4H3/t15-/m0/s1. The molecule has 0 saturated carbocycles. The molecule has 4 nitrogen and oxygen atoms in total. The van der Waals surface area contributed by atoms with Gasteiger partial charge in [-0.2, -0.15) is 0 Å². The molecule has 0 bridgehead atoms. The fraction of sp³-hybridized carbons (Fsp3) is 0.250. The Morgan fingerprint density at radius 1 is 1.04 bits per heavy atom. The van der Waals surface area contributed by atoms with E-state index in [0.717, 1.165) is 16.7 Å². The van der Waals surface area contributed by atoms with Crippen molar-refractivity contribution in [2.24, 2.45) is 0 Å². The summed E-state index contributed by atoms with van der Waals surface area (Å²) in [6.07, 6.45) is 0. The number of aryl methyl sites for hydroxylation is 3. The third kappa shape index (κ3) is 3.99. The van der Waals surface area contributed by atoms with Crippen LogP contribution < -0.4 is 0 Å². The molecule has 0 aliphatic rings. The Morgan fingerprint density at radius 3 is 2.56 bits per heavy atom. The highest BCUT2D eigenvalue weighted by molar-refractivity contribution is 8.00. The summed E-state index contributed by atoms with van der Waals surface area (Å²) in [5.41, 5.74) is 5.01. The first-order chi connectivity index (χ1) is 11.9. The lowest BCUT2D eigenvalue weighted by molar-refractivity contribution is 0.0993. The normalized spacial score (nSPS) is 12.2. The molecule has 0 fully saturated rings. The lowest BCUT2D eigenvalue weighted by Gasteiger charge is -2.09. The predicted octanol–water partition coefficient (Wildman–Crippen LogP) is 5.03. The molecule has 0 aliphatic carbocycles. The van der Waals surface area contributed by atoms with E-state index in [4.69, 9.17) is 4.42 Å². The molecule has 1 atom stereocenters.